The van der Waals surface area contributed by atoms with Crippen LogP contribution in [0.2, 0.25) is 0 Å². The summed E-state index contributed by atoms with van der Waals surface area (Å²) in [5.74, 6) is -1.26. The Bertz CT molecular complexity index is 573. The van der Waals surface area contributed by atoms with Crippen LogP contribution < -0.4 is 10.5 Å². The first-order chi connectivity index (χ1) is 9.56. The Balaban J connectivity index is 2.39. The minimum absolute atomic E-state index is 0.136. The van der Waals surface area contributed by atoms with E-state index in [1.807, 2.05) is 19.1 Å². The molecule has 2 nitrogen and oxygen atoms in total. The van der Waals surface area contributed by atoms with Crippen molar-refractivity contribution in [1.82, 2.24) is 0 Å². The normalized spacial score (nSPS) is 12.2. The molecule has 0 aromatic heterocycles. The van der Waals surface area contributed by atoms with Gasteiger partial charge in [0.15, 0.2) is 0 Å². The molecular formula is C16H17F2NO. The fourth-order valence-corrected chi connectivity index (χ4v) is 2.10. The van der Waals surface area contributed by atoms with Gasteiger partial charge in [0.1, 0.15) is 17.4 Å². The molecule has 0 fully saturated rings. The molecule has 4 heteroatoms. The van der Waals surface area contributed by atoms with Crippen LogP contribution in [0.3, 0.4) is 0 Å². The molecule has 20 heavy (non-hydrogen) atoms. The highest BCUT2D eigenvalue weighted by Crippen LogP contribution is 2.28. The van der Waals surface area contributed by atoms with Gasteiger partial charge in [-0.2, -0.15) is 0 Å². The molecule has 2 rings (SSSR count). The number of rotatable bonds is 4. The Morgan fingerprint density at radius 1 is 1.10 bits per heavy atom. The van der Waals surface area contributed by atoms with Gasteiger partial charge in [0.25, 0.3) is 0 Å². The smallest absolute Gasteiger partial charge is 0.134 e. The summed E-state index contributed by atoms with van der Waals surface area (Å²) in [7, 11) is 1.36. The topological polar surface area (TPSA) is 35.2 Å². The molecule has 0 aliphatic carbocycles. The number of hydrogen-bond donors (Lipinski definition) is 1. The van der Waals surface area contributed by atoms with Gasteiger partial charge >= 0.3 is 0 Å². The lowest BCUT2D eigenvalue weighted by Gasteiger charge is -2.15. The summed E-state index contributed by atoms with van der Waals surface area (Å²) >= 11 is 0. The first-order valence-corrected chi connectivity index (χ1v) is 6.44. The highest BCUT2D eigenvalue weighted by atomic mass is 19.1. The second kappa shape index (κ2) is 6.01. The van der Waals surface area contributed by atoms with Crippen molar-refractivity contribution in [1.29, 1.82) is 0 Å². The van der Waals surface area contributed by atoms with Crippen molar-refractivity contribution in [3.05, 3.63) is 64.7 Å². The zero-order valence-electron chi connectivity index (χ0n) is 11.5. The summed E-state index contributed by atoms with van der Waals surface area (Å²) in [6, 6.07) is 8.85. The average molecular weight is 277 g/mol. The summed E-state index contributed by atoms with van der Waals surface area (Å²) in [5.41, 5.74) is 7.66. The lowest BCUT2D eigenvalue weighted by atomic mass is 9.97. The van der Waals surface area contributed by atoms with Crippen molar-refractivity contribution in [3.63, 3.8) is 0 Å². The Morgan fingerprint density at radius 3 is 2.10 bits per heavy atom. The molecule has 1 atom stereocenters. The Labute approximate surface area is 117 Å². The zero-order chi connectivity index (χ0) is 14.7. The SMILES string of the molecule is CCc1ccc(C(N)c2c(F)cc(OC)cc2F)cc1. The number of halogens is 2. The first-order valence-electron chi connectivity index (χ1n) is 6.44. The van der Waals surface area contributed by atoms with Crippen LogP contribution in [-0.4, -0.2) is 7.11 Å². The standard InChI is InChI=1S/C16H17F2NO/c1-3-10-4-6-11(7-5-10)16(19)15-13(17)8-12(20-2)9-14(15)18/h4-9,16H,3,19H2,1-2H3. The van der Waals surface area contributed by atoms with E-state index in [-0.39, 0.29) is 11.3 Å². The quantitative estimate of drug-likeness (QED) is 0.927. The van der Waals surface area contributed by atoms with Gasteiger partial charge in [-0.1, -0.05) is 31.2 Å². The summed E-state index contributed by atoms with van der Waals surface area (Å²) in [6.07, 6.45) is 0.904. The van der Waals surface area contributed by atoms with Crippen molar-refractivity contribution in [2.45, 2.75) is 19.4 Å². The highest BCUT2D eigenvalue weighted by molar-refractivity contribution is 5.38. The average Bonchev–Trinajstić information content (AvgIpc) is 2.46. The van der Waals surface area contributed by atoms with Crippen LogP contribution in [0, 0.1) is 11.6 Å². The predicted octanol–water partition coefficient (Wildman–Crippen LogP) is 3.58. The lowest BCUT2D eigenvalue weighted by molar-refractivity contribution is 0.404. The van der Waals surface area contributed by atoms with Crippen molar-refractivity contribution in [2.24, 2.45) is 5.73 Å². The number of benzene rings is 2. The third-order valence-corrected chi connectivity index (χ3v) is 3.35. The van der Waals surface area contributed by atoms with Crippen LogP contribution in [-0.2, 0) is 6.42 Å². The molecular weight excluding hydrogens is 260 g/mol. The largest absolute Gasteiger partial charge is 0.497 e. The molecule has 2 N–H and O–H groups in total. The molecule has 2 aromatic carbocycles. The summed E-state index contributed by atoms with van der Waals surface area (Å²) in [6.45, 7) is 2.04. The van der Waals surface area contributed by atoms with E-state index >= 15 is 0 Å². The predicted molar refractivity (Wildman–Crippen MR) is 74.8 cm³/mol. The van der Waals surface area contributed by atoms with Crippen molar-refractivity contribution in [3.8, 4) is 5.75 Å². The van der Waals surface area contributed by atoms with E-state index in [0.29, 0.717) is 5.56 Å². The van der Waals surface area contributed by atoms with E-state index in [4.69, 9.17) is 10.5 Å². The third-order valence-electron chi connectivity index (χ3n) is 3.35. The fraction of sp³-hybridized carbons (Fsp3) is 0.250. The van der Waals surface area contributed by atoms with E-state index in [1.54, 1.807) is 12.1 Å². The lowest BCUT2D eigenvalue weighted by Crippen LogP contribution is -2.16. The molecule has 0 aliphatic heterocycles. The van der Waals surface area contributed by atoms with Gasteiger partial charge in [0, 0.05) is 17.7 Å². The van der Waals surface area contributed by atoms with Gasteiger partial charge < -0.3 is 10.5 Å². The Hall–Kier alpha value is -1.94. The van der Waals surface area contributed by atoms with E-state index in [2.05, 4.69) is 0 Å². The van der Waals surface area contributed by atoms with Crippen LogP contribution in [0.1, 0.15) is 29.7 Å². The molecule has 2 aromatic rings. The molecule has 106 valence electrons. The molecule has 0 spiro atoms. The monoisotopic (exact) mass is 277 g/mol. The second-order valence-corrected chi connectivity index (χ2v) is 4.58. The second-order valence-electron chi connectivity index (χ2n) is 4.58. The number of methoxy groups -OCH3 is 1. The molecule has 0 heterocycles. The summed E-state index contributed by atoms with van der Waals surface area (Å²) in [5, 5.41) is 0. The van der Waals surface area contributed by atoms with Crippen LogP contribution in [0.25, 0.3) is 0 Å². The minimum atomic E-state index is -0.841. The van der Waals surface area contributed by atoms with Gasteiger partial charge in [-0.3, -0.25) is 0 Å². The van der Waals surface area contributed by atoms with Crippen LogP contribution in [0.15, 0.2) is 36.4 Å². The molecule has 0 aliphatic rings. The number of nitrogens with two attached hydrogens (primary N) is 1. The van der Waals surface area contributed by atoms with Gasteiger partial charge in [-0.25, -0.2) is 8.78 Å². The highest BCUT2D eigenvalue weighted by Gasteiger charge is 2.19. The van der Waals surface area contributed by atoms with E-state index < -0.39 is 17.7 Å². The van der Waals surface area contributed by atoms with Gasteiger partial charge in [0.05, 0.1) is 13.2 Å². The summed E-state index contributed by atoms with van der Waals surface area (Å²) in [4.78, 5) is 0. The van der Waals surface area contributed by atoms with Crippen LogP contribution in [0.5, 0.6) is 5.75 Å². The van der Waals surface area contributed by atoms with Gasteiger partial charge in [-0.05, 0) is 17.5 Å². The number of ether oxygens (including phenoxy) is 1. The zero-order valence-corrected chi connectivity index (χ0v) is 11.5. The molecule has 0 radical (unpaired) electrons. The Morgan fingerprint density at radius 2 is 1.65 bits per heavy atom. The molecule has 1 unspecified atom stereocenters. The first kappa shape index (κ1) is 14.5. The fourth-order valence-electron chi connectivity index (χ4n) is 2.10. The maximum atomic E-state index is 14.0. The minimum Gasteiger partial charge on any atom is -0.497 e. The van der Waals surface area contributed by atoms with Gasteiger partial charge in [-0.15, -0.1) is 0 Å². The maximum absolute atomic E-state index is 14.0. The summed E-state index contributed by atoms with van der Waals surface area (Å²) < 4.78 is 32.8. The molecule has 0 amide bonds. The van der Waals surface area contributed by atoms with E-state index in [9.17, 15) is 8.78 Å². The molecule has 0 saturated heterocycles. The molecule has 0 saturated carbocycles. The third kappa shape index (κ3) is 2.80. The Kier molecular flexibility index (Phi) is 4.35. The van der Waals surface area contributed by atoms with E-state index in [0.717, 1.165) is 24.1 Å². The van der Waals surface area contributed by atoms with E-state index in [1.165, 1.54) is 7.11 Å². The molecule has 0 bridgehead atoms. The van der Waals surface area contributed by atoms with Crippen molar-refractivity contribution in [2.75, 3.05) is 7.11 Å². The van der Waals surface area contributed by atoms with Crippen LogP contribution >= 0.6 is 0 Å². The van der Waals surface area contributed by atoms with Crippen molar-refractivity contribution < 1.29 is 13.5 Å². The van der Waals surface area contributed by atoms with Gasteiger partial charge in [0.2, 0.25) is 0 Å². The maximum Gasteiger partial charge on any atom is 0.134 e. The van der Waals surface area contributed by atoms with Crippen LogP contribution in [0.4, 0.5) is 8.78 Å². The van der Waals surface area contributed by atoms with Crippen molar-refractivity contribution >= 4 is 0 Å². The number of aryl methyl sites for hydroxylation is 1. The number of hydrogen-bond acceptors (Lipinski definition) is 2.